The molecule has 2 unspecified atom stereocenters. The van der Waals surface area contributed by atoms with E-state index in [0.717, 1.165) is 5.32 Å². The SMILES string of the molecule is O=C(CSc1c(F)c(F)c(C(=O)O)c(-c2c3cc(F)c(=O)cc-3oc3cc(O)c(F)cc23)c1F)NCCCCC(NC(=O)CCC([NH2+]C(=O)c1ccc(NCc2cnc3nc(NI)[nH]c(=O)c3n2)cc1)C(=O)O)C(=O)O. The van der Waals surface area contributed by atoms with E-state index in [2.05, 4.69) is 39.4 Å². The Kier molecular flexibility index (Phi) is 17.4. The normalized spacial score (nSPS) is 12.1. The fourth-order valence-electron chi connectivity index (χ4n) is 7.66. The molecule has 396 valence electrons. The van der Waals surface area contributed by atoms with Gasteiger partial charge in [0.1, 0.15) is 28.8 Å². The maximum atomic E-state index is 16.5. The standard InChI is InChI=1S/C47H37F5IN9O13S/c48-23-11-21-29(13-27(23)63)75-30-14-28(64)24(49)12-22(30)33(21)34-35(46(73)74)36(50)38(52)40(37(34)51)76-17-32(66)54-10-2-1-3-25(44(69)70)58-31(65)9-8-26(45(71)72)59-42(67)18-4-6-19(7-5-18)55-15-20-16-56-41-39(57-20)43(68)61-47(60-41)62-53/h4-7,11-14,16,25-26,55,63H,1-3,8-10,15,17H2,(H,54,66)(H,58,65)(H,59,67)(H,69,70)(H,71,72)(H,73,74)(H2,56,60,61,62,68)/p+1. The molecule has 11 N–H and O–H groups in total. The van der Waals surface area contributed by atoms with Gasteiger partial charge >= 0.3 is 23.8 Å². The quantitative estimate of drug-likeness (QED) is 0.00839. The number of rotatable bonds is 22. The number of fused-ring (bicyclic) bond motifs is 3. The maximum Gasteiger partial charge on any atom is 0.362 e. The summed E-state index contributed by atoms with van der Waals surface area (Å²) >= 11 is 1.89. The number of aromatic carboxylic acids is 1. The van der Waals surface area contributed by atoms with Crippen LogP contribution in [0.1, 0.15) is 58.5 Å². The molecular weight excluding hydrogens is 1150 g/mol. The van der Waals surface area contributed by atoms with E-state index in [-0.39, 0.29) is 73.2 Å². The summed E-state index contributed by atoms with van der Waals surface area (Å²) in [7, 11) is 0. The zero-order chi connectivity index (χ0) is 55.1. The number of aromatic hydroxyl groups is 1. The number of nitrogens with two attached hydrogens (primary N) is 1. The molecule has 3 heterocycles. The van der Waals surface area contributed by atoms with E-state index in [1.165, 1.54) is 18.3 Å². The number of quaternary nitrogens is 1. The molecule has 1 aliphatic carbocycles. The van der Waals surface area contributed by atoms with Crippen molar-refractivity contribution < 1.29 is 80.9 Å². The minimum absolute atomic E-state index is 0.0304. The Bertz CT molecular complexity index is 3570. The molecule has 22 nitrogen and oxygen atoms in total. The summed E-state index contributed by atoms with van der Waals surface area (Å²) in [6.45, 7) is -0.00704. The average Bonchev–Trinajstić information content (AvgIpc) is 3.44. The lowest BCUT2D eigenvalue weighted by molar-refractivity contribution is -0.583. The molecule has 3 amide bonds. The van der Waals surface area contributed by atoms with Crippen LogP contribution in [0.3, 0.4) is 0 Å². The Labute approximate surface area is 439 Å². The number of H-pyrrole nitrogens is 1. The minimum atomic E-state index is -2.22. The van der Waals surface area contributed by atoms with Gasteiger partial charge in [-0.1, -0.05) is 0 Å². The molecule has 1 aliphatic heterocycles. The second-order valence-corrected chi connectivity index (χ2v) is 18.0. The first-order chi connectivity index (χ1) is 36.1. The Balaban J connectivity index is 0.896. The summed E-state index contributed by atoms with van der Waals surface area (Å²) in [5.74, 6) is -18.4. The summed E-state index contributed by atoms with van der Waals surface area (Å²) < 4.78 is 85.2. The number of aromatic amines is 1. The topological polar surface area (TPSA) is 350 Å². The number of hydrogen-bond acceptors (Lipinski definition) is 16. The van der Waals surface area contributed by atoms with Crippen molar-refractivity contribution in [1.29, 1.82) is 0 Å². The number of carbonyl (C=O) groups excluding carboxylic acids is 3. The van der Waals surface area contributed by atoms with Gasteiger partial charge in [-0.15, -0.1) is 11.8 Å². The molecule has 0 saturated heterocycles. The minimum Gasteiger partial charge on any atom is -0.505 e. The smallest absolute Gasteiger partial charge is 0.362 e. The number of primary amides is 1. The number of thioether (sulfide) groups is 1. The molecule has 2 atom stereocenters. The first-order valence-corrected chi connectivity index (χ1v) is 24.2. The number of carbonyl (C=O) groups is 6. The van der Waals surface area contributed by atoms with E-state index >= 15 is 13.2 Å². The Morgan fingerprint density at radius 2 is 1.58 bits per heavy atom. The Morgan fingerprint density at radius 3 is 2.26 bits per heavy atom. The van der Waals surface area contributed by atoms with Crippen LogP contribution in [-0.2, 0) is 25.7 Å². The predicted octanol–water partition coefficient (Wildman–Crippen LogP) is 4.65. The molecule has 0 bridgehead atoms. The molecule has 2 aliphatic rings. The highest BCUT2D eigenvalue weighted by Crippen LogP contribution is 2.46. The summed E-state index contributed by atoms with van der Waals surface area (Å²) in [5, 5.41) is 47.6. The van der Waals surface area contributed by atoms with E-state index in [9.17, 15) is 67.6 Å². The second-order valence-electron chi connectivity index (χ2n) is 16.5. The number of carboxylic acid groups (broad SMARTS) is 3. The van der Waals surface area contributed by atoms with Gasteiger partial charge in [-0.05, 0) is 55.7 Å². The van der Waals surface area contributed by atoms with Gasteiger partial charge in [0.15, 0.2) is 46.2 Å². The molecule has 2 aromatic heterocycles. The number of carboxylic acids is 3. The van der Waals surface area contributed by atoms with Crippen LogP contribution < -0.4 is 35.8 Å². The van der Waals surface area contributed by atoms with Crippen LogP contribution in [0.15, 0.2) is 73.6 Å². The first kappa shape index (κ1) is 55.4. The fraction of sp³-hybridized carbons (Fsp3) is 0.213. The number of unbranched alkanes of at least 4 members (excludes halogenated alkanes) is 1. The number of aromatic nitrogens is 4. The zero-order valence-corrected chi connectivity index (χ0v) is 41.5. The number of hydrogen-bond donors (Lipinski definition) is 10. The van der Waals surface area contributed by atoms with Crippen molar-refractivity contribution in [2.75, 3.05) is 21.1 Å². The van der Waals surface area contributed by atoms with Gasteiger partial charge in [0, 0.05) is 59.3 Å². The lowest BCUT2D eigenvalue weighted by Gasteiger charge is -2.20. The monoisotopic (exact) mass is 1190 g/mol. The molecule has 0 spiro atoms. The second kappa shape index (κ2) is 23.9. The van der Waals surface area contributed by atoms with E-state index < -0.39 is 150 Å². The van der Waals surface area contributed by atoms with E-state index in [1.54, 1.807) is 35.0 Å². The molecule has 29 heteroatoms. The Morgan fingerprint density at radius 1 is 0.842 bits per heavy atom. The van der Waals surface area contributed by atoms with Crippen LogP contribution in [0, 0.1) is 29.1 Å². The largest absolute Gasteiger partial charge is 0.505 e. The number of phenols is 1. The third kappa shape index (κ3) is 12.6. The van der Waals surface area contributed by atoms with Crippen LogP contribution in [0.5, 0.6) is 5.75 Å². The number of aliphatic carboxylic acids is 2. The number of anilines is 2. The third-order valence-electron chi connectivity index (χ3n) is 11.4. The lowest BCUT2D eigenvalue weighted by Crippen LogP contribution is -2.95. The van der Waals surface area contributed by atoms with Gasteiger partial charge in [-0.2, -0.15) is 4.98 Å². The fourth-order valence-corrected chi connectivity index (χ4v) is 8.74. The molecule has 0 fully saturated rings. The van der Waals surface area contributed by atoms with E-state index in [1.807, 2.05) is 0 Å². The maximum absolute atomic E-state index is 16.5. The van der Waals surface area contributed by atoms with Crippen molar-refractivity contribution in [2.24, 2.45) is 0 Å². The number of phenolic OH excluding ortho intramolecular Hbond substituents is 1. The number of benzene rings is 4. The van der Waals surface area contributed by atoms with E-state index in [0.29, 0.717) is 35.6 Å². The van der Waals surface area contributed by atoms with Crippen LogP contribution in [-0.4, -0.2) is 100 Å². The van der Waals surface area contributed by atoms with Gasteiger partial charge < -0.3 is 40.8 Å². The van der Waals surface area contributed by atoms with Gasteiger partial charge in [-0.25, -0.2) is 51.1 Å². The molecule has 7 rings (SSSR count). The first-order valence-electron chi connectivity index (χ1n) is 22.2. The highest BCUT2D eigenvalue weighted by atomic mass is 127. The van der Waals surface area contributed by atoms with Gasteiger partial charge in [0.25, 0.3) is 5.56 Å². The van der Waals surface area contributed by atoms with Crippen LogP contribution in [0.25, 0.3) is 44.6 Å². The predicted molar refractivity (Wildman–Crippen MR) is 266 cm³/mol. The Hall–Kier alpha value is -8.32. The average molecular weight is 1190 g/mol. The molecule has 3 aromatic carbocycles. The number of nitrogens with one attached hydrogen (secondary N) is 5. The summed E-state index contributed by atoms with van der Waals surface area (Å²) in [5.41, 5.74) is -5.18. The number of halogens is 6. The van der Waals surface area contributed by atoms with Crippen LogP contribution in [0.4, 0.5) is 33.6 Å². The molecular formula is C47H38F5IN9O13S+. The molecule has 0 radical (unpaired) electrons. The third-order valence-corrected chi connectivity index (χ3v) is 12.9. The van der Waals surface area contributed by atoms with Gasteiger partial charge in [0.05, 0.1) is 57.5 Å². The van der Waals surface area contributed by atoms with Crippen molar-refractivity contribution in [3.63, 3.8) is 0 Å². The summed E-state index contributed by atoms with van der Waals surface area (Å²) in [4.78, 5) is 113. The molecule has 76 heavy (non-hydrogen) atoms. The van der Waals surface area contributed by atoms with E-state index in [4.69, 9.17) is 4.42 Å². The highest BCUT2D eigenvalue weighted by Gasteiger charge is 2.34. The van der Waals surface area contributed by atoms with Crippen LogP contribution in [0.2, 0.25) is 0 Å². The van der Waals surface area contributed by atoms with Crippen molar-refractivity contribution in [3.05, 3.63) is 121 Å². The van der Waals surface area contributed by atoms with Crippen molar-refractivity contribution >= 4 is 104 Å². The van der Waals surface area contributed by atoms with Crippen molar-refractivity contribution in [2.45, 2.75) is 55.6 Å². The van der Waals surface area contributed by atoms with Gasteiger partial charge in [0.2, 0.25) is 23.2 Å². The molecule has 5 aromatic rings. The number of amides is 3. The zero-order valence-electron chi connectivity index (χ0n) is 38.6. The highest BCUT2D eigenvalue weighted by molar-refractivity contribution is 14.1. The summed E-state index contributed by atoms with van der Waals surface area (Å²) in [6, 6.07) is 5.34. The van der Waals surface area contributed by atoms with Crippen molar-refractivity contribution in [1.82, 2.24) is 30.6 Å². The van der Waals surface area contributed by atoms with Crippen LogP contribution >= 0.6 is 34.6 Å². The molecule has 0 saturated carbocycles. The van der Waals surface area contributed by atoms with Crippen molar-refractivity contribution in [3.8, 4) is 28.2 Å². The number of nitrogens with zero attached hydrogens (tertiary/aromatic N) is 3. The van der Waals surface area contributed by atoms with Gasteiger partial charge in [-0.3, -0.25) is 33.0 Å². The lowest BCUT2D eigenvalue weighted by atomic mass is 9.89. The summed E-state index contributed by atoms with van der Waals surface area (Å²) in [6.07, 6.45) is 0.553.